The summed E-state index contributed by atoms with van der Waals surface area (Å²) in [7, 11) is 0. The molecule has 2 aromatic carbocycles. The van der Waals surface area contributed by atoms with Gasteiger partial charge in [-0.25, -0.2) is 0 Å². The van der Waals surface area contributed by atoms with Gasteiger partial charge in [-0.1, -0.05) is 36.4 Å². The largest absolute Gasteiger partial charge is 0.361 e. The molecule has 1 unspecified atom stereocenters. The number of para-hydroxylation sites is 2. The smallest absolute Gasteiger partial charge is 0.0458 e. The molecule has 0 aliphatic heterocycles. The molecule has 4 N–H and O–H groups in total. The van der Waals surface area contributed by atoms with Crippen LogP contribution in [0.5, 0.6) is 0 Å². The van der Waals surface area contributed by atoms with Crippen LogP contribution in [0.4, 0.5) is 0 Å². The summed E-state index contributed by atoms with van der Waals surface area (Å²) >= 11 is 0. The minimum absolute atomic E-state index is 0.311. The van der Waals surface area contributed by atoms with E-state index < -0.39 is 0 Å². The first kappa shape index (κ1) is 14.1. The van der Waals surface area contributed by atoms with Gasteiger partial charge in [-0.2, -0.15) is 0 Å². The van der Waals surface area contributed by atoms with E-state index in [0.29, 0.717) is 12.5 Å². The van der Waals surface area contributed by atoms with E-state index in [4.69, 9.17) is 5.73 Å². The first-order valence-electron chi connectivity index (χ1n) is 8.10. The Kier molecular flexibility index (Phi) is 3.43. The van der Waals surface area contributed by atoms with Crippen molar-refractivity contribution in [3.63, 3.8) is 0 Å². The zero-order valence-electron chi connectivity index (χ0n) is 13.3. The van der Waals surface area contributed by atoms with Gasteiger partial charge in [-0.3, -0.25) is 0 Å². The first-order chi connectivity index (χ1) is 11.3. The molecule has 4 aromatic rings. The van der Waals surface area contributed by atoms with Crippen molar-refractivity contribution in [3.8, 4) is 0 Å². The molecule has 23 heavy (non-hydrogen) atoms. The predicted molar refractivity (Wildman–Crippen MR) is 96.8 cm³/mol. The van der Waals surface area contributed by atoms with Crippen molar-refractivity contribution < 1.29 is 0 Å². The Bertz CT molecular complexity index is 961. The van der Waals surface area contributed by atoms with E-state index in [-0.39, 0.29) is 0 Å². The Hall–Kier alpha value is -2.52. The molecule has 0 radical (unpaired) electrons. The zero-order valence-corrected chi connectivity index (χ0v) is 13.3. The number of aromatic amines is 2. The first-order valence-corrected chi connectivity index (χ1v) is 8.10. The molecule has 2 heterocycles. The van der Waals surface area contributed by atoms with Crippen LogP contribution >= 0.6 is 0 Å². The standard InChI is InChI=1S/C20H21N3/c1-13-20(17-7-3-5-9-19(17)23-13)14(11-21)10-15-12-22-18-8-4-2-6-16(15)18/h2-9,12,14,22-23H,10-11,21H2,1H3. The highest BCUT2D eigenvalue weighted by molar-refractivity contribution is 5.86. The fraction of sp³-hybridized carbons (Fsp3) is 0.200. The molecule has 0 bridgehead atoms. The molecule has 0 aliphatic rings. The lowest BCUT2D eigenvalue weighted by atomic mass is 9.90. The lowest BCUT2D eigenvalue weighted by molar-refractivity contribution is 0.697. The van der Waals surface area contributed by atoms with Crippen LogP contribution in [0, 0.1) is 6.92 Å². The monoisotopic (exact) mass is 303 g/mol. The van der Waals surface area contributed by atoms with E-state index in [9.17, 15) is 0 Å². The maximum Gasteiger partial charge on any atom is 0.0458 e. The van der Waals surface area contributed by atoms with Crippen LogP contribution in [0.15, 0.2) is 54.7 Å². The SMILES string of the molecule is Cc1[nH]c2ccccc2c1C(CN)Cc1c[nH]c2ccccc12. The lowest BCUT2D eigenvalue weighted by Crippen LogP contribution is -2.15. The van der Waals surface area contributed by atoms with Gasteiger partial charge in [0.2, 0.25) is 0 Å². The fourth-order valence-electron chi connectivity index (χ4n) is 3.69. The van der Waals surface area contributed by atoms with Gasteiger partial charge in [0.25, 0.3) is 0 Å². The molecular formula is C20H21N3. The average molecular weight is 303 g/mol. The Morgan fingerprint density at radius 1 is 0.957 bits per heavy atom. The predicted octanol–water partition coefficient (Wildman–Crippen LogP) is 4.24. The molecule has 2 aromatic heterocycles. The minimum atomic E-state index is 0.311. The molecule has 0 amide bonds. The van der Waals surface area contributed by atoms with E-state index in [2.05, 4.69) is 71.6 Å². The van der Waals surface area contributed by atoms with Crippen LogP contribution < -0.4 is 5.73 Å². The summed E-state index contributed by atoms with van der Waals surface area (Å²) in [5, 5.41) is 2.59. The van der Waals surface area contributed by atoms with Crippen molar-refractivity contribution in [1.29, 1.82) is 0 Å². The summed E-state index contributed by atoms with van der Waals surface area (Å²) in [6, 6.07) is 16.9. The van der Waals surface area contributed by atoms with Gasteiger partial charge >= 0.3 is 0 Å². The number of nitrogens with two attached hydrogens (primary N) is 1. The summed E-state index contributed by atoms with van der Waals surface area (Å²) in [5.41, 5.74) is 12.5. The number of aryl methyl sites for hydroxylation is 1. The molecule has 0 saturated carbocycles. The Morgan fingerprint density at radius 3 is 2.43 bits per heavy atom. The summed E-state index contributed by atoms with van der Waals surface area (Å²) in [4.78, 5) is 6.86. The molecule has 0 fully saturated rings. The summed E-state index contributed by atoms with van der Waals surface area (Å²) in [5.74, 6) is 0.311. The number of fused-ring (bicyclic) bond motifs is 2. The second kappa shape index (κ2) is 5.60. The fourth-order valence-corrected chi connectivity index (χ4v) is 3.69. The average Bonchev–Trinajstić information content (AvgIpc) is 3.13. The summed E-state index contributed by atoms with van der Waals surface area (Å²) < 4.78 is 0. The van der Waals surface area contributed by atoms with E-state index in [1.165, 1.54) is 38.6 Å². The van der Waals surface area contributed by atoms with Gasteiger partial charge in [0, 0.05) is 39.6 Å². The van der Waals surface area contributed by atoms with Crippen molar-refractivity contribution >= 4 is 21.8 Å². The lowest BCUT2D eigenvalue weighted by Gasteiger charge is -2.15. The molecule has 1 atom stereocenters. The van der Waals surface area contributed by atoms with Gasteiger partial charge in [0.05, 0.1) is 0 Å². The van der Waals surface area contributed by atoms with Crippen molar-refractivity contribution in [1.82, 2.24) is 9.97 Å². The van der Waals surface area contributed by atoms with Crippen molar-refractivity contribution in [2.75, 3.05) is 6.54 Å². The maximum atomic E-state index is 6.16. The second-order valence-corrected chi connectivity index (χ2v) is 6.21. The minimum Gasteiger partial charge on any atom is -0.361 e. The van der Waals surface area contributed by atoms with Crippen molar-refractivity contribution in [3.05, 3.63) is 71.5 Å². The number of hydrogen-bond donors (Lipinski definition) is 3. The van der Waals surface area contributed by atoms with Crippen LogP contribution in [0.3, 0.4) is 0 Å². The number of hydrogen-bond acceptors (Lipinski definition) is 1. The van der Waals surface area contributed by atoms with Crippen molar-refractivity contribution in [2.45, 2.75) is 19.3 Å². The van der Waals surface area contributed by atoms with Crippen LogP contribution in [0.25, 0.3) is 21.8 Å². The molecule has 0 saturated heterocycles. The van der Waals surface area contributed by atoms with Gasteiger partial charge in [0.15, 0.2) is 0 Å². The van der Waals surface area contributed by atoms with Gasteiger partial charge in [-0.15, -0.1) is 0 Å². The van der Waals surface area contributed by atoms with E-state index in [0.717, 1.165) is 6.42 Å². The number of rotatable bonds is 4. The molecule has 3 nitrogen and oxygen atoms in total. The Labute approximate surface area is 135 Å². The third-order valence-electron chi connectivity index (χ3n) is 4.78. The third-order valence-corrected chi connectivity index (χ3v) is 4.78. The molecule has 3 heteroatoms. The third kappa shape index (κ3) is 2.34. The molecule has 0 spiro atoms. The second-order valence-electron chi connectivity index (χ2n) is 6.21. The van der Waals surface area contributed by atoms with Gasteiger partial charge in [0.1, 0.15) is 0 Å². The number of nitrogens with one attached hydrogen (secondary N) is 2. The quantitative estimate of drug-likeness (QED) is 0.519. The molecule has 0 aliphatic carbocycles. The number of H-pyrrole nitrogens is 2. The number of benzene rings is 2. The molecule has 116 valence electrons. The van der Waals surface area contributed by atoms with Crippen molar-refractivity contribution in [2.24, 2.45) is 5.73 Å². The van der Waals surface area contributed by atoms with Crippen LogP contribution in [-0.4, -0.2) is 16.5 Å². The summed E-state index contributed by atoms with van der Waals surface area (Å²) in [6.45, 7) is 2.79. The van der Waals surface area contributed by atoms with Crippen LogP contribution in [0.2, 0.25) is 0 Å². The molecule has 4 rings (SSSR count). The van der Waals surface area contributed by atoms with Gasteiger partial charge in [-0.05, 0) is 43.1 Å². The highest BCUT2D eigenvalue weighted by Crippen LogP contribution is 2.32. The maximum absolute atomic E-state index is 6.16. The normalized spacial score (nSPS) is 13.0. The Morgan fingerprint density at radius 2 is 1.65 bits per heavy atom. The van der Waals surface area contributed by atoms with E-state index in [1.54, 1.807) is 0 Å². The highest BCUT2D eigenvalue weighted by atomic mass is 14.7. The summed E-state index contributed by atoms with van der Waals surface area (Å²) in [6.07, 6.45) is 3.07. The Balaban J connectivity index is 1.78. The van der Waals surface area contributed by atoms with Crippen LogP contribution in [-0.2, 0) is 6.42 Å². The molecular weight excluding hydrogens is 282 g/mol. The number of aromatic nitrogens is 2. The topological polar surface area (TPSA) is 57.6 Å². The highest BCUT2D eigenvalue weighted by Gasteiger charge is 2.19. The van der Waals surface area contributed by atoms with Gasteiger partial charge < -0.3 is 15.7 Å². The van der Waals surface area contributed by atoms with E-state index in [1.807, 2.05) is 0 Å². The van der Waals surface area contributed by atoms with E-state index >= 15 is 0 Å². The zero-order chi connectivity index (χ0) is 15.8. The van der Waals surface area contributed by atoms with Crippen LogP contribution in [0.1, 0.15) is 22.7 Å².